The number of furan rings is 1. The molecule has 1 saturated heterocycles. The predicted octanol–water partition coefficient (Wildman–Crippen LogP) is 3.37. The van der Waals surface area contributed by atoms with Crippen LogP contribution in [0.25, 0.3) is 0 Å². The van der Waals surface area contributed by atoms with Crippen molar-refractivity contribution in [2.45, 2.75) is 38.6 Å². The minimum Gasteiger partial charge on any atom is -0.459 e. The number of carbonyl (C=O) groups is 1. The number of carbonyl (C=O) groups excluding carboxylic acids is 1. The summed E-state index contributed by atoms with van der Waals surface area (Å²) < 4.78 is 10.6. The van der Waals surface area contributed by atoms with Gasteiger partial charge in [-0.2, -0.15) is 0 Å². The molecular weight excluding hydrogens is 256 g/mol. The van der Waals surface area contributed by atoms with E-state index in [1.807, 2.05) is 11.0 Å². The van der Waals surface area contributed by atoms with E-state index in [0.29, 0.717) is 11.7 Å². The maximum atomic E-state index is 12.4. The van der Waals surface area contributed by atoms with Crippen LogP contribution in [-0.4, -0.2) is 22.5 Å². The lowest BCUT2D eigenvalue weighted by molar-refractivity contribution is 0.0682. The lowest BCUT2D eigenvalue weighted by Crippen LogP contribution is -2.30. The molecule has 1 atom stereocenters. The van der Waals surface area contributed by atoms with Crippen LogP contribution in [0.1, 0.15) is 60.7 Å². The fourth-order valence-electron chi connectivity index (χ4n) is 2.58. The maximum absolute atomic E-state index is 12.4. The van der Waals surface area contributed by atoms with Crippen LogP contribution in [0.3, 0.4) is 0 Å². The van der Waals surface area contributed by atoms with Gasteiger partial charge in [0.1, 0.15) is 0 Å². The third-order valence-electron chi connectivity index (χ3n) is 3.71. The SMILES string of the molecule is CC(C)c1cc([C@@H]2CCCN2C(=O)c2ccco2)on1. The zero-order valence-electron chi connectivity index (χ0n) is 11.7. The van der Waals surface area contributed by atoms with E-state index in [4.69, 9.17) is 8.94 Å². The zero-order chi connectivity index (χ0) is 14.1. The van der Waals surface area contributed by atoms with Gasteiger partial charge in [-0.15, -0.1) is 0 Å². The molecule has 5 heteroatoms. The number of likely N-dealkylation sites (tertiary alicyclic amines) is 1. The van der Waals surface area contributed by atoms with Gasteiger partial charge < -0.3 is 13.8 Å². The van der Waals surface area contributed by atoms with Gasteiger partial charge in [0, 0.05) is 12.6 Å². The van der Waals surface area contributed by atoms with E-state index in [9.17, 15) is 4.79 Å². The van der Waals surface area contributed by atoms with Crippen LogP contribution >= 0.6 is 0 Å². The summed E-state index contributed by atoms with van der Waals surface area (Å²) in [6, 6.07) is 5.34. The van der Waals surface area contributed by atoms with Gasteiger partial charge in [-0.1, -0.05) is 19.0 Å². The van der Waals surface area contributed by atoms with Gasteiger partial charge in [0.15, 0.2) is 11.5 Å². The number of nitrogens with zero attached hydrogens (tertiary/aromatic N) is 2. The first kappa shape index (κ1) is 13.0. The molecule has 106 valence electrons. The molecule has 1 aliphatic heterocycles. The smallest absolute Gasteiger partial charge is 0.290 e. The lowest BCUT2D eigenvalue weighted by atomic mass is 10.1. The first-order valence-electron chi connectivity index (χ1n) is 6.98. The van der Waals surface area contributed by atoms with Gasteiger partial charge >= 0.3 is 0 Å². The topological polar surface area (TPSA) is 59.5 Å². The fraction of sp³-hybridized carbons (Fsp3) is 0.467. The Morgan fingerprint density at radius 2 is 2.35 bits per heavy atom. The summed E-state index contributed by atoms with van der Waals surface area (Å²) in [7, 11) is 0. The second kappa shape index (κ2) is 5.15. The molecule has 1 fully saturated rings. The van der Waals surface area contributed by atoms with Gasteiger partial charge in [-0.3, -0.25) is 4.79 Å². The van der Waals surface area contributed by atoms with E-state index in [1.54, 1.807) is 12.1 Å². The van der Waals surface area contributed by atoms with Crippen LogP contribution < -0.4 is 0 Å². The van der Waals surface area contributed by atoms with E-state index in [-0.39, 0.29) is 11.9 Å². The Balaban J connectivity index is 1.83. The molecule has 0 spiro atoms. The van der Waals surface area contributed by atoms with Crippen molar-refractivity contribution < 1.29 is 13.7 Å². The van der Waals surface area contributed by atoms with Crippen LogP contribution in [0.15, 0.2) is 33.4 Å². The Bertz CT molecular complexity index is 586. The second-order valence-electron chi connectivity index (χ2n) is 5.44. The van der Waals surface area contributed by atoms with E-state index in [2.05, 4.69) is 19.0 Å². The summed E-state index contributed by atoms with van der Waals surface area (Å²) in [5.41, 5.74) is 0.928. The summed E-state index contributed by atoms with van der Waals surface area (Å²) in [5.74, 6) is 1.38. The second-order valence-corrected chi connectivity index (χ2v) is 5.44. The van der Waals surface area contributed by atoms with Crippen molar-refractivity contribution >= 4 is 5.91 Å². The molecule has 5 nitrogen and oxygen atoms in total. The predicted molar refractivity (Wildman–Crippen MR) is 72.3 cm³/mol. The van der Waals surface area contributed by atoms with Crippen molar-refractivity contribution in [3.63, 3.8) is 0 Å². The number of aromatic nitrogens is 1. The quantitative estimate of drug-likeness (QED) is 0.861. The van der Waals surface area contributed by atoms with Crippen molar-refractivity contribution in [3.05, 3.63) is 41.7 Å². The van der Waals surface area contributed by atoms with Crippen molar-refractivity contribution in [3.8, 4) is 0 Å². The van der Waals surface area contributed by atoms with Gasteiger partial charge in [-0.05, 0) is 30.9 Å². The molecule has 3 rings (SSSR count). The Morgan fingerprint density at radius 3 is 3.00 bits per heavy atom. The Labute approximate surface area is 117 Å². The molecule has 0 unspecified atom stereocenters. The molecular formula is C15H18N2O3. The first-order valence-corrected chi connectivity index (χ1v) is 6.98. The summed E-state index contributed by atoms with van der Waals surface area (Å²) in [4.78, 5) is 14.2. The minimum atomic E-state index is -0.0833. The minimum absolute atomic E-state index is 0.0346. The van der Waals surface area contributed by atoms with E-state index >= 15 is 0 Å². The monoisotopic (exact) mass is 274 g/mol. The van der Waals surface area contributed by atoms with Crippen LogP contribution in [0.4, 0.5) is 0 Å². The molecule has 1 aliphatic rings. The van der Waals surface area contributed by atoms with Crippen LogP contribution in [0.2, 0.25) is 0 Å². The summed E-state index contributed by atoms with van der Waals surface area (Å²) in [5, 5.41) is 4.08. The highest BCUT2D eigenvalue weighted by atomic mass is 16.5. The zero-order valence-corrected chi connectivity index (χ0v) is 11.7. The highest BCUT2D eigenvalue weighted by Gasteiger charge is 2.34. The van der Waals surface area contributed by atoms with Crippen LogP contribution in [0, 0.1) is 0 Å². The van der Waals surface area contributed by atoms with E-state index < -0.39 is 0 Å². The number of amides is 1. The molecule has 0 aromatic carbocycles. The maximum Gasteiger partial charge on any atom is 0.290 e. The third-order valence-corrected chi connectivity index (χ3v) is 3.71. The van der Waals surface area contributed by atoms with Gasteiger partial charge in [0.05, 0.1) is 18.0 Å². The molecule has 2 aromatic heterocycles. The van der Waals surface area contributed by atoms with E-state index in [1.165, 1.54) is 6.26 Å². The number of hydrogen-bond acceptors (Lipinski definition) is 4. The Hall–Kier alpha value is -2.04. The molecule has 0 bridgehead atoms. The standard InChI is InChI=1S/C15H18N2O3/c1-10(2)11-9-14(20-16-11)12-5-3-7-17(12)15(18)13-6-4-8-19-13/h4,6,8-10,12H,3,5,7H2,1-2H3/t12-/m0/s1. The summed E-state index contributed by atoms with van der Waals surface area (Å²) >= 11 is 0. The third kappa shape index (κ3) is 2.24. The van der Waals surface area contributed by atoms with Gasteiger partial charge in [0.2, 0.25) is 0 Å². The summed E-state index contributed by atoms with van der Waals surface area (Å²) in [6.07, 6.45) is 3.39. The van der Waals surface area contributed by atoms with Crippen molar-refractivity contribution in [2.24, 2.45) is 0 Å². The van der Waals surface area contributed by atoms with Crippen molar-refractivity contribution in [1.82, 2.24) is 10.1 Å². The first-order chi connectivity index (χ1) is 9.66. The normalized spacial score (nSPS) is 18.9. The lowest BCUT2D eigenvalue weighted by Gasteiger charge is -2.21. The van der Waals surface area contributed by atoms with Gasteiger partial charge in [0.25, 0.3) is 5.91 Å². The Kier molecular flexibility index (Phi) is 3.34. The fourth-order valence-corrected chi connectivity index (χ4v) is 2.58. The van der Waals surface area contributed by atoms with E-state index in [0.717, 1.165) is 30.8 Å². The summed E-state index contributed by atoms with van der Waals surface area (Å²) in [6.45, 7) is 4.87. The molecule has 20 heavy (non-hydrogen) atoms. The Morgan fingerprint density at radius 1 is 1.50 bits per heavy atom. The van der Waals surface area contributed by atoms with Gasteiger partial charge in [-0.25, -0.2) is 0 Å². The highest BCUT2D eigenvalue weighted by Crippen LogP contribution is 2.34. The number of hydrogen-bond donors (Lipinski definition) is 0. The average Bonchev–Trinajstić information content (AvgIpc) is 3.17. The van der Waals surface area contributed by atoms with Crippen molar-refractivity contribution in [2.75, 3.05) is 6.54 Å². The molecule has 1 amide bonds. The largest absolute Gasteiger partial charge is 0.459 e. The average molecular weight is 274 g/mol. The molecule has 2 aromatic rings. The molecule has 0 saturated carbocycles. The molecule has 0 aliphatic carbocycles. The van der Waals surface area contributed by atoms with Crippen LogP contribution in [0.5, 0.6) is 0 Å². The van der Waals surface area contributed by atoms with Crippen LogP contribution in [-0.2, 0) is 0 Å². The highest BCUT2D eigenvalue weighted by molar-refractivity contribution is 5.91. The molecule has 0 radical (unpaired) electrons. The number of rotatable bonds is 3. The molecule has 0 N–H and O–H groups in total. The molecule has 3 heterocycles. The van der Waals surface area contributed by atoms with Crippen molar-refractivity contribution in [1.29, 1.82) is 0 Å².